The first kappa shape index (κ1) is 13.4. The first-order valence-corrected chi connectivity index (χ1v) is 6.75. The number of benzene rings is 1. The lowest BCUT2D eigenvalue weighted by Gasteiger charge is -2.16. The highest BCUT2D eigenvalue weighted by atomic mass is 79.9. The molecule has 5 heteroatoms. The molecule has 0 saturated carbocycles. The number of para-hydroxylation sites is 1. The van der Waals surface area contributed by atoms with E-state index >= 15 is 0 Å². The van der Waals surface area contributed by atoms with Crippen molar-refractivity contribution in [3.8, 4) is 5.69 Å². The lowest BCUT2D eigenvalue weighted by Crippen LogP contribution is -2.15. The molecule has 0 aliphatic carbocycles. The fraction of sp³-hybridized carbons (Fsp3) is 0.308. The molecule has 2 rings (SSSR count). The second kappa shape index (κ2) is 4.59. The zero-order chi connectivity index (χ0) is 13.5. The van der Waals surface area contributed by atoms with Crippen LogP contribution in [0.25, 0.3) is 5.69 Å². The van der Waals surface area contributed by atoms with E-state index in [-0.39, 0.29) is 11.0 Å². The Kier molecular flexibility index (Phi) is 3.43. The smallest absolute Gasteiger partial charge is 0.285 e. The van der Waals surface area contributed by atoms with E-state index in [1.165, 1.54) is 4.68 Å². The Morgan fingerprint density at radius 2 is 1.89 bits per heavy atom. The summed E-state index contributed by atoms with van der Waals surface area (Å²) in [7, 11) is 0. The molecule has 96 valence electrons. The predicted octanol–water partition coefficient (Wildman–Crippen LogP) is 3.88. The molecule has 18 heavy (non-hydrogen) atoms. The largest absolute Gasteiger partial charge is 0.293 e. The quantitative estimate of drug-likeness (QED) is 0.847. The molecule has 2 aromatic rings. The molecule has 0 radical (unpaired) electrons. The van der Waals surface area contributed by atoms with Crippen LogP contribution in [0.2, 0.25) is 5.02 Å². The fourth-order valence-corrected chi connectivity index (χ4v) is 2.80. The van der Waals surface area contributed by atoms with Crippen molar-refractivity contribution < 1.29 is 0 Å². The molecule has 0 aliphatic rings. The van der Waals surface area contributed by atoms with Gasteiger partial charge < -0.3 is 0 Å². The molecule has 0 aliphatic heterocycles. The van der Waals surface area contributed by atoms with Crippen LogP contribution in [0.5, 0.6) is 0 Å². The van der Waals surface area contributed by atoms with Gasteiger partial charge in [-0.25, -0.2) is 4.68 Å². The third-order valence-electron chi connectivity index (χ3n) is 2.68. The summed E-state index contributed by atoms with van der Waals surface area (Å²) in [5.41, 5.74) is 1.23. The van der Waals surface area contributed by atoms with Gasteiger partial charge in [0.1, 0.15) is 4.47 Å². The van der Waals surface area contributed by atoms with Gasteiger partial charge in [0, 0.05) is 5.41 Å². The molecular weight excluding hydrogens is 316 g/mol. The number of nitrogens with one attached hydrogen (secondary N) is 1. The van der Waals surface area contributed by atoms with Crippen LogP contribution in [0.3, 0.4) is 0 Å². The zero-order valence-electron chi connectivity index (χ0n) is 10.4. The van der Waals surface area contributed by atoms with E-state index in [0.29, 0.717) is 15.2 Å². The SMILES string of the molecule is CC(C)(C)c1[nH]n(-c2ccccc2Cl)c(=O)c1Br. The molecule has 0 bridgehead atoms. The maximum Gasteiger partial charge on any atom is 0.285 e. The van der Waals surface area contributed by atoms with Crippen molar-refractivity contribution in [1.29, 1.82) is 0 Å². The Morgan fingerprint density at radius 1 is 1.28 bits per heavy atom. The highest BCUT2D eigenvalue weighted by molar-refractivity contribution is 9.10. The molecular formula is C13H14BrClN2O. The first-order chi connectivity index (χ1) is 8.32. The minimum absolute atomic E-state index is 0.131. The van der Waals surface area contributed by atoms with E-state index in [9.17, 15) is 4.79 Å². The summed E-state index contributed by atoms with van der Waals surface area (Å²) in [6.07, 6.45) is 0. The number of H-pyrrole nitrogens is 1. The van der Waals surface area contributed by atoms with Crippen LogP contribution in [0.15, 0.2) is 33.5 Å². The third-order valence-corrected chi connectivity index (χ3v) is 3.73. The number of aromatic amines is 1. The highest BCUT2D eigenvalue weighted by Gasteiger charge is 2.23. The van der Waals surface area contributed by atoms with Gasteiger partial charge in [-0.1, -0.05) is 44.5 Å². The van der Waals surface area contributed by atoms with Crippen molar-refractivity contribution in [3.63, 3.8) is 0 Å². The van der Waals surface area contributed by atoms with E-state index in [0.717, 1.165) is 5.69 Å². The van der Waals surface area contributed by atoms with Crippen LogP contribution in [-0.2, 0) is 5.41 Å². The van der Waals surface area contributed by atoms with Crippen LogP contribution in [0.4, 0.5) is 0 Å². The second-order valence-corrected chi connectivity index (χ2v) is 6.34. The molecule has 0 saturated heterocycles. The van der Waals surface area contributed by atoms with Crippen LogP contribution in [-0.4, -0.2) is 9.78 Å². The predicted molar refractivity (Wildman–Crippen MR) is 77.8 cm³/mol. The van der Waals surface area contributed by atoms with Gasteiger partial charge in [0.25, 0.3) is 5.56 Å². The molecule has 0 amide bonds. The van der Waals surface area contributed by atoms with E-state index < -0.39 is 0 Å². The summed E-state index contributed by atoms with van der Waals surface area (Å²) in [6, 6.07) is 7.24. The van der Waals surface area contributed by atoms with Crippen molar-refractivity contribution in [2.75, 3.05) is 0 Å². The molecule has 0 spiro atoms. The van der Waals surface area contributed by atoms with Crippen LogP contribution < -0.4 is 5.56 Å². The summed E-state index contributed by atoms with van der Waals surface area (Å²) in [5, 5.41) is 3.66. The molecule has 0 atom stereocenters. The molecule has 0 fully saturated rings. The van der Waals surface area contributed by atoms with Crippen molar-refractivity contribution in [3.05, 3.63) is 49.8 Å². The van der Waals surface area contributed by atoms with Crippen LogP contribution >= 0.6 is 27.5 Å². The van der Waals surface area contributed by atoms with Crippen LogP contribution in [0, 0.1) is 0 Å². The number of aromatic nitrogens is 2. The Labute approximate surface area is 119 Å². The Morgan fingerprint density at radius 3 is 2.39 bits per heavy atom. The Bertz CT molecular complexity index is 637. The molecule has 1 heterocycles. The normalized spacial score (nSPS) is 11.8. The average Bonchev–Trinajstić information content (AvgIpc) is 2.57. The number of hydrogen-bond donors (Lipinski definition) is 1. The fourth-order valence-electron chi connectivity index (χ4n) is 1.72. The Balaban J connectivity index is 2.69. The van der Waals surface area contributed by atoms with Gasteiger partial charge >= 0.3 is 0 Å². The zero-order valence-corrected chi connectivity index (χ0v) is 12.8. The maximum absolute atomic E-state index is 12.2. The van der Waals surface area contributed by atoms with Crippen molar-refractivity contribution in [1.82, 2.24) is 9.78 Å². The minimum Gasteiger partial charge on any atom is -0.293 e. The maximum atomic E-state index is 12.2. The molecule has 3 nitrogen and oxygen atoms in total. The van der Waals surface area contributed by atoms with Crippen molar-refractivity contribution in [2.24, 2.45) is 0 Å². The van der Waals surface area contributed by atoms with E-state index in [4.69, 9.17) is 11.6 Å². The van der Waals surface area contributed by atoms with Gasteiger partial charge in [-0.3, -0.25) is 9.89 Å². The van der Waals surface area contributed by atoms with E-state index in [1.54, 1.807) is 12.1 Å². The number of nitrogens with zero attached hydrogens (tertiary/aromatic N) is 1. The van der Waals surface area contributed by atoms with Gasteiger partial charge in [0.15, 0.2) is 0 Å². The Hall–Kier alpha value is -1.00. The third kappa shape index (κ3) is 2.27. The topological polar surface area (TPSA) is 37.8 Å². The summed E-state index contributed by atoms with van der Waals surface area (Å²) < 4.78 is 2.02. The number of rotatable bonds is 1. The molecule has 1 aromatic carbocycles. The molecule has 1 N–H and O–H groups in total. The van der Waals surface area contributed by atoms with Gasteiger partial charge in [0.2, 0.25) is 0 Å². The van der Waals surface area contributed by atoms with Crippen molar-refractivity contribution in [2.45, 2.75) is 26.2 Å². The van der Waals surface area contributed by atoms with E-state index in [1.807, 2.05) is 32.9 Å². The van der Waals surface area contributed by atoms with Gasteiger partial charge in [-0.2, -0.15) is 0 Å². The van der Waals surface area contributed by atoms with Gasteiger partial charge in [0.05, 0.1) is 16.4 Å². The van der Waals surface area contributed by atoms with E-state index in [2.05, 4.69) is 21.0 Å². The first-order valence-electron chi connectivity index (χ1n) is 5.58. The van der Waals surface area contributed by atoms with Gasteiger partial charge in [-0.15, -0.1) is 0 Å². The summed E-state index contributed by atoms with van der Waals surface area (Å²) >= 11 is 9.46. The minimum atomic E-state index is -0.148. The summed E-state index contributed by atoms with van der Waals surface area (Å²) in [6.45, 7) is 6.12. The standard InChI is InChI=1S/C13H14BrClN2O/c1-13(2,3)11-10(14)12(18)17(16-11)9-7-5-4-6-8(9)15/h4-7,16H,1-3H3. The number of hydrogen-bond acceptors (Lipinski definition) is 1. The van der Waals surface area contributed by atoms with Crippen LogP contribution in [0.1, 0.15) is 26.5 Å². The second-order valence-electron chi connectivity index (χ2n) is 5.14. The highest BCUT2D eigenvalue weighted by Crippen LogP contribution is 2.27. The van der Waals surface area contributed by atoms with Gasteiger partial charge in [-0.05, 0) is 28.1 Å². The summed E-state index contributed by atoms with van der Waals surface area (Å²) in [4.78, 5) is 12.2. The van der Waals surface area contributed by atoms with Crippen molar-refractivity contribution >= 4 is 27.5 Å². The monoisotopic (exact) mass is 328 g/mol. The lowest BCUT2D eigenvalue weighted by molar-refractivity contribution is 0.557. The lowest BCUT2D eigenvalue weighted by atomic mass is 9.93. The molecule has 1 aromatic heterocycles. The average molecular weight is 330 g/mol. The number of halogens is 2. The summed E-state index contributed by atoms with van der Waals surface area (Å²) in [5.74, 6) is 0. The molecule has 0 unspecified atom stereocenters.